The van der Waals surface area contributed by atoms with E-state index in [4.69, 9.17) is 4.74 Å². The number of halogens is 1. The van der Waals surface area contributed by atoms with Crippen molar-refractivity contribution in [3.8, 4) is 5.75 Å². The number of nitrogens with one attached hydrogen (secondary N) is 1. The van der Waals surface area contributed by atoms with E-state index in [1.54, 1.807) is 40.6 Å². The molecule has 37 heavy (non-hydrogen) atoms. The summed E-state index contributed by atoms with van der Waals surface area (Å²) in [7, 11) is -2.95. The van der Waals surface area contributed by atoms with Crippen molar-refractivity contribution in [2.75, 3.05) is 33.3 Å². The average molecular weight is 546 g/mol. The van der Waals surface area contributed by atoms with Gasteiger partial charge in [0.25, 0.3) is 17.7 Å². The minimum Gasteiger partial charge on any atom is -0.496 e. The van der Waals surface area contributed by atoms with E-state index in [1.165, 1.54) is 18.1 Å². The number of hydrogen-bond acceptors (Lipinski definition) is 7. The predicted octanol–water partition coefficient (Wildman–Crippen LogP) is 2.41. The summed E-state index contributed by atoms with van der Waals surface area (Å²) < 4.78 is 45.5. The number of nitrogens with zero attached hydrogens (tertiary/aromatic N) is 2. The summed E-state index contributed by atoms with van der Waals surface area (Å²) in [6.07, 6.45) is 0. The molecule has 1 aromatic heterocycles. The first-order valence-corrected chi connectivity index (χ1v) is 13.7. The van der Waals surface area contributed by atoms with Gasteiger partial charge in [-0.2, -0.15) is 0 Å². The molecule has 0 unspecified atom stereocenters. The molecule has 0 spiro atoms. The van der Waals surface area contributed by atoms with Gasteiger partial charge in [-0.05, 0) is 47.8 Å². The highest BCUT2D eigenvalue weighted by Crippen LogP contribution is 2.22. The van der Waals surface area contributed by atoms with E-state index in [0.29, 0.717) is 11.3 Å². The van der Waals surface area contributed by atoms with Crippen LogP contribution in [0, 0.1) is 5.82 Å². The van der Waals surface area contributed by atoms with Gasteiger partial charge in [-0.15, -0.1) is 11.3 Å². The van der Waals surface area contributed by atoms with Gasteiger partial charge < -0.3 is 19.9 Å². The van der Waals surface area contributed by atoms with Crippen LogP contribution < -0.4 is 10.1 Å². The van der Waals surface area contributed by atoms with Crippen molar-refractivity contribution in [1.82, 2.24) is 15.1 Å². The van der Waals surface area contributed by atoms with Gasteiger partial charge in [-0.25, -0.2) is 12.8 Å². The van der Waals surface area contributed by atoms with Crippen LogP contribution in [-0.4, -0.2) is 74.6 Å². The zero-order valence-corrected chi connectivity index (χ0v) is 21.4. The first-order chi connectivity index (χ1) is 17.7. The zero-order chi connectivity index (χ0) is 26.6. The van der Waals surface area contributed by atoms with E-state index >= 15 is 0 Å². The molecule has 194 valence electrons. The maximum atomic E-state index is 13.5. The fraction of sp³-hybridized carbons (Fsp3) is 0.240. The van der Waals surface area contributed by atoms with Crippen LogP contribution in [-0.2, 0) is 14.6 Å². The van der Waals surface area contributed by atoms with Crippen LogP contribution in [0.25, 0.3) is 0 Å². The number of sulfone groups is 1. The Morgan fingerprint density at radius 2 is 1.59 bits per heavy atom. The van der Waals surface area contributed by atoms with Gasteiger partial charge in [-0.3, -0.25) is 14.4 Å². The van der Waals surface area contributed by atoms with Crippen LogP contribution in [0.5, 0.6) is 5.75 Å². The lowest BCUT2D eigenvalue weighted by molar-refractivity contribution is -0.132. The monoisotopic (exact) mass is 545 g/mol. The van der Waals surface area contributed by atoms with Crippen LogP contribution in [0.3, 0.4) is 0 Å². The molecule has 1 aliphatic rings. The van der Waals surface area contributed by atoms with Gasteiger partial charge in [0.2, 0.25) is 15.2 Å². The summed E-state index contributed by atoms with van der Waals surface area (Å²) in [6.45, 7) is 0.434. The summed E-state index contributed by atoms with van der Waals surface area (Å²) in [6, 6.07) is 14.0. The number of rotatable bonds is 7. The minimum absolute atomic E-state index is 0.0596. The molecule has 0 bridgehead atoms. The van der Waals surface area contributed by atoms with E-state index in [1.807, 2.05) is 0 Å². The molecular weight excluding hydrogens is 521 g/mol. The highest BCUT2D eigenvalue weighted by atomic mass is 32.2. The van der Waals surface area contributed by atoms with Crippen molar-refractivity contribution in [3.05, 3.63) is 82.3 Å². The van der Waals surface area contributed by atoms with Crippen LogP contribution in [0.1, 0.15) is 20.0 Å². The summed E-state index contributed by atoms with van der Waals surface area (Å²) in [4.78, 5) is 42.0. The van der Waals surface area contributed by atoms with Crippen molar-refractivity contribution < 1.29 is 31.9 Å². The predicted molar refractivity (Wildman–Crippen MR) is 135 cm³/mol. The Hall–Kier alpha value is -3.77. The molecule has 1 N–H and O–H groups in total. The number of amides is 3. The van der Waals surface area contributed by atoms with Crippen molar-refractivity contribution in [1.29, 1.82) is 0 Å². The number of para-hydroxylation sites is 1. The topological polar surface area (TPSA) is 113 Å². The smallest absolute Gasteiger partial charge is 0.262 e. The highest BCUT2D eigenvalue weighted by molar-refractivity contribution is 7.92. The van der Waals surface area contributed by atoms with Gasteiger partial charge >= 0.3 is 0 Å². The molecule has 1 fully saturated rings. The number of hydrogen-bond donors (Lipinski definition) is 1. The Balaban J connectivity index is 1.54. The number of piperazine rings is 1. The Bertz CT molecular complexity index is 1390. The second-order valence-electron chi connectivity index (χ2n) is 8.15. The largest absolute Gasteiger partial charge is 0.496 e. The third kappa shape index (κ3) is 5.65. The fourth-order valence-electron chi connectivity index (χ4n) is 3.92. The van der Waals surface area contributed by atoms with E-state index in [2.05, 4.69) is 5.32 Å². The van der Waals surface area contributed by atoms with Crippen LogP contribution >= 0.6 is 11.3 Å². The molecule has 9 nitrogen and oxygen atoms in total. The normalized spacial score (nSPS) is 14.6. The SMILES string of the molecule is COc1ccccc1C(=O)N1CCN(C(=O)[C@@H](NC(=O)c2cccs2)S(=O)(=O)c2ccc(F)cc2)CC1. The molecule has 0 saturated carbocycles. The number of carbonyl (C=O) groups excluding carboxylic acids is 3. The summed E-state index contributed by atoms with van der Waals surface area (Å²) >= 11 is 1.10. The maximum absolute atomic E-state index is 13.5. The molecule has 2 aromatic carbocycles. The third-order valence-electron chi connectivity index (χ3n) is 5.90. The van der Waals surface area contributed by atoms with Crippen molar-refractivity contribution >= 4 is 38.9 Å². The average Bonchev–Trinajstić information content (AvgIpc) is 3.46. The first-order valence-electron chi connectivity index (χ1n) is 11.3. The number of benzene rings is 2. The lowest BCUT2D eigenvalue weighted by atomic mass is 10.1. The Morgan fingerprint density at radius 3 is 2.22 bits per heavy atom. The number of ether oxygens (including phenoxy) is 1. The molecule has 0 radical (unpaired) electrons. The molecule has 3 amide bonds. The molecule has 2 heterocycles. The van der Waals surface area contributed by atoms with E-state index < -0.39 is 32.8 Å². The first kappa shape index (κ1) is 26.3. The molecular formula is C25H24FN3O6S2. The van der Waals surface area contributed by atoms with E-state index in [9.17, 15) is 27.2 Å². The van der Waals surface area contributed by atoms with Crippen LogP contribution in [0.15, 0.2) is 70.9 Å². The standard InChI is InChI=1S/C25H24FN3O6S2/c1-35-20-6-3-2-5-19(20)24(31)28-12-14-29(15-13-28)25(32)23(27-22(30)21-7-4-16-36-21)37(33,34)18-10-8-17(26)9-11-18/h2-11,16,23H,12-15H2,1H3,(H,27,30)/t23-/m0/s1. The number of thiophene rings is 1. The molecule has 0 aliphatic carbocycles. The second-order valence-corrected chi connectivity index (χ2v) is 11.1. The van der Waals surface area contributed by atoms with Crippen molar-refractivity contribution in [3.63, 3.8) is 0 Å². The summed E-state index contributed by atoms with van der Waals surface area (Å²) in [5, 5.41) is 2.07. The zero-order valence-electron chi connectivity index (χ0n) is 19.8. The highest BCUT2D eigenvalue weighted by Gasteiger charge is 2.40. The maximum Gasteiger partial charge on any atom is 0.262 e. The Morgan fingerprint density at radius 1 is 0.946 bits per heavy atom. The summed E-state index contributed by atoms with van der Waals surface area (Å²) in [5.74, 6) is -2.04. The van der Waals surface area contributed by atoms with Gasteiger partial charge in [-0.1, -0.05) is 18.2 Å². The number of carbonyl (C=O) groups is 3. The molecule has 4 rings (SSSR count). The molecule has 12 heteroatoms. The third-order valence-corrected chi connectivity index (χ3v) is 8.64. The van der Waals surface area contributed by atoms with Crippen molar-refractivity contribution in [2.45, 2.75) is 10.3 Å². The van der Waals surface area contributed by atoms with Crippen LogP contribution in [0.4, 0.5) is 4.39 Å². The van der Waals surface area contributed by atoms with E-state index in [-0.39, 0.29) is 41.9 Å². The molecule has 1 aliphatic heterocycles. The fourth-order valence-corrected chi connectivity index (χ4v) is 6.01. The second kappa shape index (κ2) is 11.1. The van der Waals surface area contributed by atoms with Gasteiger partial charge in [0.1, 0.15) is 11.6 Å². The Labute approximate surface area is 217 Å². The van der Waals surface area contributed by atoms with Gasteiger partial charge in [0.05, 0.1) is 22.4 Å². The molecule has 1 saturated heterocycles. The lowest BCUT2D eigenvalue weighted by Crippen LogP contribution is -2.57. The van der Waals surface area contributed by atoms with Gasteiger partial charge in [0, 0.05) is 26.2 Å². The van der Waals surface area contributed by atoms with Crippen molar-refractivity contribution in [2.24, 2.45) is 0 Å². The Kier molecular flexibility index (Phi) is 7.89. The number of methoxy groups -OCH3 is 1. The van der Waals surface area contributed by atoms with E-state index in [0.717, 1.165) is 35.6 Å². The summed E-state index contributed by atoms with van der Waals surface area (Å²) in [5.41, 5.74) is 0.379. The van der Waals surface area contributed by atoms with Gasteiger partial charge in [0.15, 0.2) is 0 Å². The lowest BCUT2D eigenvalue weighted by Gasteiger charge is -2.36. The quantitative estimate of drug-likeness (QED) is 0.457. The van der Waals surface area contributed by atoms with Crippen LogP contribution in [0.2, 0.25) is 0 Å². The molecule has 3 aromatic rings. The minimum atomic E-state index is -4.42. The molecule has 1 atom stereocenters.